The zero-order valence-corrected chi connectivity index (χ0v) is 21.3. The van der Waals surface area contributed by atoms with Crippen molar-refractivity contribution in [2.24, 2.45) is 5.92 Å². The van der Waals surface area contributed by atoms with Crippen molar-refractivity contribution in [1.82, 2.24) is 4.90 Å². The molecule has 0 saturated carbocycles. The molecule has 1 saturated heterocycles. The number of ether oxygens (including phenoxy) is 1. The number of hydrogen-bond acceptors (Lipinski definition) is 3. The Labute approximate surface area is 211 Å². The van der Waals surface area contributed by atoms with Crippen LogP contribution < -0.4 is 4.74 Å². The van der Waals surface area contributed by atoms with Crippen LogP contribution >= 0.6 is 11.6 Å². The van der Waals surface area contributed by atoms with Gasteiger partial charge in [0.1, 0.15) is 11.4 Å². The minimum atomic E-state index is -0.984. The summed E-state index contributed by atoms with van der Waals surface area (Å²) in [7, 11) is 0. The molecule has 2 aromatic rings. The summed E-state index contributed by atoms with van der Waals surface area (Å²) < 4.78 is 6.17. The maximum atomic E-state index is 14.2. The van der Waals surface area contributed by atoms with Crippen LogP contribution in [0.15, 0.2) is 59.3 Å². The topological polar surface area (TPSA) is 66.8 Å². The Morgan fingerprint density at radius 1 is 1.20 bits per heavy atom. The van der Waals surface area contributed by atoms with E-state index in [2.05, 4.69) is 19.9 Å². The number of carbonyl (C=O) groups excluding carboxylic acids is 1. The summed E-state index contributed by atoms with van der Waals surface area (Å²) in [5.74, 6) is -0.283. The summed E-state index contributed by atoms with van der Waals surface area (Å²) in [6.45, 7) is 8.16. The smallest absolute Gasteiger partial charge is 0.336 e. The molecule has 0 spiro atoms. The molecular weight excluding hydrogens is 462 g/mol. The first-order valence-corrected chi connectivity index (χ1v) is 12.4. The van der Waals surface area contributed by atoms with Crippen molar-refractivity contribution in [2.45, 2.75) is 64.5 Å². The van der Waals surface area contributed by atoms with E-state index in [1.54, 1.807) is 24.0 Å². The molecule has 2 heterocycles. The molecular formula is C29H30ClNO4. The van der Waals surface area contributed by atoms with Crippen LogP contribution in [0.3, 0.4) is 0 Å². The van der Waals surface area contributed by atoms with Crippen molar-refractivity contribution in [3.63, 3.8) is 0 Å². The second-order valence-corrected chi connectivity index (χ2v) is 11.1. The summed E-state index contributed by atoms with van der Waals surface area (Å²) in [6, 6.07) is 11.5. The predicted molar refractivity (Wildman–Crippen MR) is 136 cm³/mol. The SMILES string of the molecule is Cc1cccc(CN2C(=O)[C@@](C)(c3ccc4c(c3)CCC(C)(C)O4)C3CC(Cl)=CC=C32)c1C(=O)O. The molecule has 35 heavy (non-hydrogen) atoms. The van der Waals surface area contributed by atoms with E-state index in [0.717, 1.165) is 35.4 Å². The van der Waals surface area contributed by atoms with Gasteiger partial charge in [-0.3, -0.25) is 4.79 Å². The summed E-state index contributed by atoms with van der Waals surface area (Å²) >= 11 is 6.48. The van der Waals surface area contributed by atoms with Crippen LogP contribution in [0, 0.1) is 12.8 Å². The average molecular weight is 492 g/mol. The van der Waals surface area contributed by atoms with Crippen molar-refractivity contribution in [1.29, 1.82) is 0 Å². The first-order valence-electron chi connectivity index (χ1n) is 12.0. The highest BCUT2D eigenvalue weighted by molar-refractivity contribution is 6.29. The van der Waals surface area contributed by atoms with E-state index in [1.165, 1.54) is 0 Å². The zero-order valence-electron chi connectivity index (χ0n) is 20.5. The van der Waals surface area contributed by atoms with Crippen molar-refractivity contribution in [3.05, 3.63) is 87.1 Å². The molecule has 1 fully saturated rings. The maximum absolute atomic E-state index is 14.2. The van der Waals surface area contributed by atoms with Gasteiger partial charge in [-0.2, -0.15) is 0 Å². The zero-order chi connectivity index (χ0) is 25.1. The second kappa shape index (κ2) is 8.27. The van der Waals surface area contributed by atoms with Gasteiger partial charge in [0.2, 0.25) is 5.91 Å². The third kappa shape index (κ3) is 3.86. The van der Waals surface area contributed by atoms with Crippen LogP contribution in [-0.2, 0) is 23.2 Å². The van der Waals surface area contributed by atoms with Gasteiger partial charge < -0.3 is 14.7 Å². The number of likely N-dealkylation sites (tertiary alicyclic amines) is 1. The number of amides is 1. The van der Waals surface area contributed by atoms with Gasteiger partial charge >= 0.3 is 5.97 Å². The summed E-state index contributed by atoms with van der Waals surface area (Å²) in [5.41, 5.74) is 3.47. The minimum Gasteiger partial charge on any atom is -0.488 e. The minimum absolute atomic E-state index is 0.0385. The van der Waals surface area contributed by atoms with Crippen LogP contribution in [0.1, 0.15) is 66.2 Å². The molecule has 0 bridgehead atoms. The van der Waals surface area contributed by atoms with Gasteiger partial charge in [0.25, 0.3) is 0 Å². The number of carbonyl (C=O) groups is 2. The molecule has 5 rings (SSSR count). The monoisotopic (exact) mass is 491 g/mol. The number of aromatic carboxylic acids is 1. The lowest BCUT2D eigenvalue weighted by atomic mass is 9.70. The summed E-state index contributed by atoms with van der Waals surface area (Å²) in [5, 5.41) is 10.5. The van der Waals surface area contributed by atoms with Crippen LogP contribution in [0.25, 0.3) is 0 Å². The molecule has 2 aromatic carbocycles. The number of hydrogen-bond donors (Lipinski definition) is 1. The van der Waals surface area contributed by atoms with E-state index in [9.17, 15) is 14.7 Å². The standard InChI is InChI=1S/C29H30ClNO4/c1-17-6-5-7-19(25(17)26(32)33)16-31-23-10-9-21(30)15-22(23)29(4,27(31)34)20-8-11-24-18(14-20)12-13-28(2,3)35-24/h5-11,14,22H,12-13,15-16H2,1-4H3,(H,32,33)/t22?,29-/m0/s1. The molecule has 0 radical (unpaired) electrons. The second-order valence-electron chi connectivity index (χ2n) is 10.7. The highest BCUT2D eigenvalue weighted by atomic mass is 35.5. The third-order valence-electron chi connectivity index (χ3n) is 7.83. The van der Waals surface area contributed by atoms with Crippen molar-refractivity contribution in [2.75, 3.05) is 0 Å². The number of rotatable bonds is 4. The van der Waals surface area contributed by atoms with Crippen molar-refractivity contribution < 1.29 is 19.4 Å². The number of carboxylic acids is 1. The molecule has 2 atom stereocenters. The molecule has 182 valence electrons. The van der Waals surface area contributed by atoms with Gasteiger partial charge in [-0.1, -0.05) is 41.9 Å². The lowest BCUT2D eigenvalue weighted by Crippen LogP contribution is -2.38. The molecule has 2 aliphatic heterocycles. The fraction of sp³-hybridized carbons (Fsp3) is 0.379. The Hall–Kier alpha value is -3.05. The molecule has 1 unspecified atom stereocenters. The Morgan fingerprint density at radius 3 is 2.71 bits per heavy atom. The van der Waals surface area contributed by atoms with Crippen LogP contribution in [0.2, 0.25) is 0 Å². The number of fused-ring (bicyclic) bond motifs is 2. The molecule has 0 aromatic heterocycles. The van der Waals surface area contributed by atoms with E-state index >= 15 is 0 Å². The largest absolute Gasteiger partial charge is 0.488 e. The van der Waals surface area contributed by atoms with E-state index in [-0.39, 0.29) is 29.5 Å². The Morgan fingerprint density at radius 2 is 1.97 bits per heavy atom. The third-order valence-corrected chi connectivity index (χ3v) is 8.11. The number of allylic oxidation sites excluding steroid dienone is 4. The highest BCUT2D eigenvalue weighted by Gasteiger charge is 2.55. The van der Waals surface area contributed by atoms with Gasteiger partial charge in [-0.25, -0.2) is 4.79 Å². The lowest BCUT2D eigenvalue weighted by molar-refractivity contribution is -0.132. The van der Waals surface area contributed by atoms with Crippen molar-refractivity contribution in [3.8, 4) is 5.75 Å². The van der Waals surface area contributed by atoms with Crippen LogP contribution in [0.5, 0.6) is 5.75 Å². The number of aryl methyl sites for hydroxylation is 2. The van der Waals surface area contributed by atoms with Crippen LogP contribution in [0.4, 0.5) is 0 Å². The van der Waals surface area contributed by atoms with E-state index in [1.807, 2.05) is 37.3 Å². The van der Waals surface area contributed by atoms with Gasteiger partial charge in [0.05, 0.1) is 17.5 Å². The molecule has 3 aliphatic rings. The summed E-state index contributed by atoms with van der Waals surface area (Å²) in [4.78, 5) is 27.9. The normalized spacial score (nSPS) is 24.8. The van der Waals surface area contributed by atoms with Crippen molar-refractivity contribution >= 4 is 23.5 Å². The van der Waals surface area contributed by atoms with Gasteiger partial charge in [0.15, 0.2) is 0 Å². The summed E-state index contributed by atoms with van der Waals surface area (Å²) in [6.07, 6.45) is 6.13. The Bertz CT molecular complexity index is 1310. The Kier molecular flexibility index (Phi) is 5.59. The van der Waals surface area contributed by atoms with E-state index < -0.39 is 11.4 Å². The highest BCUT2D eigenvalue weighted by Crippen LogP contribution is 2.52. The van der Waals surface area contributed by atoms with E-state index in [0.29, 0.717) is 22.6 Å². The predicted octanol–water partition coefficient (Wildman–Crippen LogP) is 6.12. The number of benzene rings is 2. The fourth-order valence-electron chi connectivity index (χ4n) is 5.79. The van der Waals surface area contributed by atoms with Gasteiger partial charge in [-0.15, -0.1) is 0 Å². The fourth-order valence-corrected chi connectivity index (χ4v) is 6.01. The molecule has 5 nitrogen and oxygen atoms in total. The molecule has 1 amide bonds. The molecule has 1 aliphatic carbocycles. The number of nitrogens with zero attached hydrogens (tertiary/aromatic N) is 1. The molecule has 1 N–H and O–H groups in total. The first-order chi connectivity index (χ1) is 16.5. The lowest BCUT2D eigenvalue weighted by Gasteiger charge is -2.35. The van der Waals surface area contributed by atoms with E-state index in [4.69, 9.17) is 16.3 Å². The van der Waals surface area contributed by atoms with Gasteiger partial charge in [-0.05, 0) is 87.4 Å². The first kappa shape index (κ1) is 23.7. The Balaban J connectivity index is 1.58. The van der Waals surface area contributed by atoms with Gasteiger partial charge in [0, 0.05) is 16.6 Å². The quantitative estimate of drug-likeness (QED) is 0.559. The maximum Gasteiger partial charge on any atom is 0.336 e. The number of carboxylic acid groups (broad SMARTS) is 1. The molecule has 6 heteroatoms. The number of halogens is 1. The van der Waals surface area contributed by atoms with Crippen LogP contribution in [-0.4, -0.2) is 27.5 Å². The average Bonchev–Trinajstić information content (AvgIpc) is 3.00.